The number of aryl methyl sites for hydroxylation is 1. The second-order valence-electron chi connectivity index (χ2n) is 5.69. The van der Waals surface area contributed by atoms with Crippen molar-refractivity contribution >= 4 is 5.69 Å². The first-order valence-electron chi connectivity index (χ1n) is 7.13. The van der Waals surface area contributed by atoms with E-state index in [1.54, 1.807) is 6.07 Å². The summed E-state index contributed by atoms with van der Waals surface area (Å²) in [6.45, 7) is 8.46. The number of anilines is 1. The average molecular weight is 269 g/mol. The fourth-order valence-corrected chi connectivity index (χ4v) is 2.25. The van der Waals surface area contributed by atoms with Crippen LogP contribution in [0.1, 0.15) is 49.4 Å². The molecule has 0 aliphatic carbocycles. The smallest absolute Gasteiger partial charge is 0.118 e. The Morgan fingerprint density at radius 1 is 0.900 bits per heavy atom. The predicted molar refractivity (Wildman–Crippen MR) is 85.4 cm³/mol. The zero-order valence-corrected chi connectivity index (χ0v) is 12.6. The highest BCUT2D eigenvalue weighted by Gasteiger charge is 2.07. The van der Waals surface area contributed by atoms with Crippen LogP contribution in [-0.4, -0.2) is 5.11 Å². The van der Waals surface area contributed by atoms with E-state index in [4.69, 9.17) is 0 Å². The Labute approximate surface area is 121 Å². The molecule has 0 bridgehead atoms. The molecule has 2 aromatic carbocycles. The molecule has 0 radical (unpaired) electrons. The summed E-state index contributed by atoms with van der Waals surface area (Å²) in [7, 11) is 0. The van der Waals surface area contributed by atoms with Crippen LogP contribution in [0, 0.1) is 6.92 Å². The van der Waals surface area contributed by atoms with E-state index in [9.17, 15) is 5.11 Å². The minimum atomic E-state index is 0.236. The standard InChI is InChI=1S/C18H23NO/c1-12(2)15-5-7-16(8-6-15)14(4)19-17-9-10-18(20)13(3)11-17/h5-12,14,19-20H,1-4H3. The first-order chi connectivity index (χ1) is 9.47. The van der Waals surface area contributed by atoms with Gasteiger partial charge in [0.15, 0.2) is 0 Å². The number of benzene rings is 2. The Balaban J connectivity index is 2.10. The van der Waals surface area contributed by atoms with Crippen molar-refractivity contribution in [2.75, 3.05) is 5.32 Å². The summed E-state index contributed by atoms with van der Waals surface area (Å²) >= 11 is 0. The topological polar surface area (TPSA) is 32.3 Å². The number of hydrogen-bond acceptors (Lipinski definition) is 2. The summed E-state index contributed by atoms with van der Waals surface area (Å²) in [5, 5.41) is 13.0. The summed E-state index contributed by atoms with van der Waals surface area (Å²) in [5.74, 6) is 0.900. The molecule has 0 spiro atoms. The van der Waals surface area contributed by atoms with Gasteiger partial charge >= 0.3 is 0 Å². The van der Waals surface area contributed by atoms with Gasteiger partial charge < -0.3 is 10.4 Å². The van der Waals surface area contributed by atoms with Gasteiger partial charge in [-0.1, -0.05) is 38.1 Å². The number of nitrogens with one attached hydrogen (secondary N) is 1. The van der Waals surface area contributed by atoms with Gasteiger partial charge in [0.25, 0.3) is 0 Å². The Hall–Kier alpha value is -1.96. The van der Waals surface area contributed by atoms with Gasteiger partial charge in [0, 0.05) is 11.7 Å². The fourth-order valence-electron chi connectivity index (χ4n) is 2.25. The van der Waals surface area contributed by atoms with Crippen LogP contribution in [0.15, 0.2) is 42.5 Å². The van der Waals surface area contributed by atoms with Gasteiger partial charge in [0.05, 0.1) is 0 Å². The Morgan fingerprint density at radius 3 is 2.05 bits per heavy atom. The SMILES string of the molecule is Cc1cc(NC(C)c2ccc(C(C)C)cc2)ccc1O. The van der Waals surface area contributed by atoms with E-state index in [1.807, 2.05) is 19.1 Å². The molecule has 0 saturated heterocycles. The molecule has 0 heterocycles. The molecule has 1 atom stereocenters. The van der Waals surface area contributed by atoms with Crippen LogP contribution in [0.5, 0.6) is 5.75 Å². The van der Waals surface area contributed by atoms with E-state index in [2.05, 4.69) is 50.4 Å². The highest BCUT2D eigenvalue weighted by molar-refractivity contribution is 5.51. The molecule has 0 aliphatic heterocycles. The van der Waals surface area contributed by atoms with Crippen molar-refractivity contribution in [3.63, 3.8) is 0 Å². The molecular formula is C18H23NO. The molecule has 2 aromatic rings. The number of aromatic hydroxyl groups is 1. The second kappa shape index (κ2) is 6.00. The van der Waals surface area contributed by atoms with E-state index >= 15 is 0 Å². The maximum Gasteiger partial charge on any atom is 0.118 e. The van der Waals surface area contributed by atoms with Crippen molar-refractivity contribution in [2.24, 2.45) is 0 Å². The number of phenols is 1. The zero-order valence-electron chi connectivity index (χ0n) is 12.6. The summed E-state index contributed by atoms with van der Waals surface area (Å²) in [6.07, 6.45) is 0. The second-order valence-corrected chi connectivity index (χ2v) is 5.69. The molecule has 2 nitrogen and oxygen atoms in total. The van der Waals surface area contributed by atoms with Crippen LogP contribution >= 0.6 is 0 Å². The molecular weight excluding hydrogens is 246 g/mol. The molecule has 0 fully saturated rings. The van der Waals surface area contributed by atoms with Gasteiger partial charge in [-0.15, -0.1) is 0 Å². The predicted octanol–water partition coefficient (Wildman–Crippen LogP) is 5.00. The molecule has 0 aliphatic rings. The molecule has 0 saturated carbocycles. The highest BCUT2D eigenvalue weighted by Crippen LogP contribution is 2.25. The van der Waals surface area contributed by atoms with Crippen molar-refractivity contribution < 1.29 is 5.11 Å². The molecule has 0 aromatic heterocycles. The zero-order chi connectivity index (χ0) is 14.7. The van der Waals surface area contributed by atoms with E-state index in [1.165, 1.54) is 11.1 Å². The number of hydrogen-bond donors (Lipinski definition) is 2. The Bertz CT molecular complexity index is 572. The third-order valence-corrected chi connectivity index (χ3v) is 3.68. The van der Waals surface area contributed by atoms with Gasteiger partial charge in [-0.2, -0.15) is 0 Å². The third-order valence-electron chi connectivity index (χ3n) is 3.68. The Morgan fingerprint density at radius 2 is 1.50 bits per heavy atom. The summed E-state index contributed by atoms with van der Waals surface area (Å²) in [4.78, 5) is 0. The van der Waals surface area contributed by atoms with Crippen molar-refractivity contribution in [1.82, 2.24) is 0 Å². The van der Waals surface area contributed by atoms with Gasteiger partial charge in [0.1, 0.15) is 5.75 Å². The van der Waals surface area contributed by atoms with Crippen LogP contribution in [-0.2, 0) is 0 Å². The summed E-state index contributed by atoms with van der Waals surface area (Å²) < 4.78 is 0. The molecule has 106 valence electrons. The van der Waals surface area contributed by atoms with E-state index < -0.39 is 0 Å². The Kier molecular flexibility index (Phi) is 4.33. The summed E-state index contributed by atoms with van der Waals surface area (Å²) in [6, 6.07) is 14.6. The lowest BCUT2D eigenvalue weighted by atomic mass is 9.99. The molecule has 2 heteroatoms. The average Bonchev–Trinajstić information content (AvgIpc) is 2.43. The number of rotatable bonds is 4. The highest BCUT2D eigenvalue weighted by atomic mass is 16.3. The quantitative estimate of drug-likeness (QED) is 0.766. The van der Waals surface area contributed by atoms with Crippen LogP contribution < -0.4 is 5.32 Å². The van der Waals surface area contributed by atoms with Gasteiger partial charge in [-0.05, 0) is 54.7 Å². The lowest BCUT2D eigenvalue weighted by molar-refractivity contribution is 0.471. The van der Waals surface area contributed by atoms with Gasteiger partial charge in [0.2, 0.25) is 0 Å². The van der Waals surface area contributed by atoms with E-state index in [0.717, 1.165) is 11.3 Å². The summed E-state index contributed by atoms with van der Waals surface area (Å²) in [5.41, 5.74) is 4.54. The van der Waals surface area contributed by atoms with Crippen LogP contribution in [0.2, 0.25) is 0 Å². The van der Waals surface area contributed by atoms with E-state index in [0.29, 0.717) is 11.7 Å². The maximum absolute atomic E-state index is 9.55. The minimum absolute atomic E-state index is 0.236. The third kappa shape index (κ3) is 3.32. The molecule has 1 unspecified atom stereocenters. The van der Waals surface area contributed by atoms with Crippen molar-refractivity contribution in [3.8, 4) is 5.75 Å². The normalized spacial score (nSPS) is 12.4. The first kappa shape index (κ1) is 14.4. The molecule has 2 N–H and O–H groups in total. The van der Waals surface area contributed by atoms with E-state index in [-0.39, 0.29) is 6.04 Å². The van der Waals surface area contributed by atoms with Crippen molar-refractivity contribution in [2.45, 2.75) is 39.7 Å². The maximum atomic E-state index is 9.55. The largest absolute Gasteiger partial charge is 0.508 e. The monoisotopic (exact) mass is 269 g/mol. The van der Waals surface area contributed by atoms with Gasteiger partial charge in [-0.25, -0.2) is 0 Å². The van der Waals surface area contributed by atoms with Crippen LogP contribution in [0.25, 0.3) is 0 Å². The molecule has 20 heavy (non-hydrogen) atoms. The van der Waals surface area contributed by atoms with Crippen LogP contribution in [0.4, 0.5) is 5.69 Å². The first-order valence-corrected chi connectivity index (χ1v) is 7.13. The molecule has 0 amide bonds. The minimum Gasteiger partial charge on any atom is -0.508 e. The lowest BCUT2D eigenvalue weighted by Crippen LogP contribution is -2.06. The molecule has 2 rings (SSSR count). The van der Waals surface area contributed by atoms with Crippen molar-refractivity contribution in [3.05, 3.63) is 59.2 Å². The van der Waals surface area contributed by atoms with Crippen LogP contribution in [0.3, 0.4) is 0 Å². The van der Waals surface area contributed by atoms with Gasteiger partial charge in [-0.3, -0.25) is 0 Å². The number of phenolic OH excluding ortho intramolecular Hbond substituents is 1. The van der Waals surface area contributed by atoms with Crippen molar-refractivity contribution in [1.29, 1.82) is 0 Å². The lowest BCUT2D eigenvalue weighted by Gasteiger charge is -2.17. The fraction of sp³-hybridized carbons (Fsp3) is 0.333.